The van der Waals surface area contributed by atoms with Gasteiger partial charge in [0.25, 0.3) is 5.91 Å². The molecule has 1 heterocycles. The summed E-state index contributed by atoms with van der Waals surface area (Å²) < 4.78 is 26.9. The van der Waals surface area contributed by atoms with Gasteiger partial charge in [0.1, 0.15) is 0 Å². The fraction of sp³-hybridized carbons (Fsp3) is 0.409. The van der Waals surface area contributed by atoms with Gasteiger partial charge in [0.2, 0.25) is 10.0 Å². The first-order valence-electron chi connectivity index (χ1n) is 9.98. The minimum absolute atomic E-state index is 0.0292. The first kappa shape index (κ1) is 21.5. The number of sulfonamides is 1. The number of aryl methyl sites for hydroxylation is 1. The van der Waals surface area contributed by atoms with E-state index >= 15 is 0 Å². The van der Waals surface area contributed by atoms with Gasteiger partial charge in [-0.3, -0.25) is 4.79 Å². The SMILES string of the molecule is Cc1ccc(CN(C)C(=O)C[NH+]2CCN(S(=O)(=O)Cc3ccccc3)CC2)cc1. The summed E-state index contributed by atoms with van der Waals surface area (Å²) in [7, 11) is -1.50. The highest BCUT2D eigenvalue weighted by atomic mass is 32.2. The van der Waals surface area contributed by atoms with Gasteiger partial charge in [-0.2, -0.15) is 4.31 Å². The number of hydrogen-bond donors (Lipinski definition) is 1. The van der Waals surface area contributed by atoms with E-state index in [9.17, 15) is 13.2 Å². The third-order valence-corrected chi connectivity index (χ3v) is 7.23. The molecular weight excluding hydrogens is 386 g/mol. The Morgan fingerprint density at radius 3 is 2.24 bits per heavy atom. The molecule has 1 amide bonds. The number of nitrogens with zero attached hydrogens (tertiary/aromatic N) is 2. The molecule has 0 unspecified atom stereocenters. The summed E-state index contributed by atoms with van der Waals surface area (Å²) in [6.45, 7) is 5.25. The highest BCUT2D eigenvalue weighted by Crippen LogP contribution is 2.11. The van der Waals surface area contributed by atoms with Crippen LogP contribution in [0, 0.1) is 6.92 Å². The van der Waals surface area contributed by atoms with Crippen LogP contribution in [-0.4, -0.2) is 63.3 Å². The second kappa shape index (κ2) is 9.52. The van der Waals surface area contributed by atoms with E-state index in [1.807, 2.05) is 68.6 Å². The molecule has 2 aromatic rings. The van der Waals surface area contributed by atoms with Crippen molar-refractivity contribution in [2.45, 2.75) is 19.2 Å². The van der Waals surface area contributed by atoms with Crippen LogP contribution in [0.3, 0.4) is 0 Å². The smallest absolute Gasteiger partial charge is 0.277 e. The predicted molar refractivity (Wildman–Crippen MR) is 114 cm³/mol. The molecule has 6 nitrogen and oxygen atoms in total. The molecule has 0 radical (unpaired) electrons. The second-order valence-corrected chi connectivity index (χ2v) is 9.77. The zero-order valence-electron chi connectivity index (χ0n) is 17.2. The third kappa shape index (κ3) is 6.13. The Morgan fingerprint density at radius 1 is 1.00 bits per heavy atom. The van der Waals surface area contributed by atoms with Crippen molar-refractivity contribution in [3.05, 3.63) is 71.3 Å². The Kier molecular flexibility index (Phi) is 7.05. The molecule has 156 valence electrons. The number of amides is 1. The first-order valence-corrected chi connectivity index (χ1v) is 11.6. The molecule has 29 heavy (non-hydrogen) atoms. The monoisotopic (exact) mass is 416 g/mol. The maximum atomic E-state index is 12.7. The molecule has 0 atom stereocenters. The third-order valence-electron chi connectivity index (χ3n) is 5.38. The van der Waals surface area contributed by atoms with Gasteiger partial charge in [0, 0.05) is 13.6 Å². The van der Waals surface area contributed by atoms with E-state index in [0.29, 0.717) is 39.3 Å². The van der Waals surface area contributed by atoms with E-state index < -0.39 is 10.0 Å². The second-order valence-electron chi connectivity index (χ2n) is 7.80. The fourth-order valence-corrected chi connectivity index (χ4v) is 5.07. The lowest BCUT2D eigenvalue weighted by Crippen LogP contribution is -3.15. The Morgan fingerprint density at radius 2 is 1.62 bits per heavy atom. The van der Waals surface area contributed by atoms with Crippen molar-refractivity contribution in [3.63, 3.8) is 0 Å². The molecule has 7 heteroatoms. The van der Waals surface area contributed by atoms with Crippen LogP contribution in [0.25, 0.3) is 0 Å². The molecule has 0 bridgehead atoms. The number of carbonyl (C=O) groups excluding carboxylic acids is 1. The number of carbonyl (C=O) groups is 1. The number of piperazine rings is 1. The number of quaternary nitrogens is 1. The molecule has 1 fully saturated rings. The van der Waals surface area contributed by atoms with Crippen molar-refractivity contribution in [2.75, 3.05) is 39.8 Å². The van der Waals surface area contributed by atoms with Gasteiger partial charge < -0.3 is 9.80 Å². The summed E-state index contributed by atoms with van der Waals surface area (Å²) in [4.78, 5) is 15.5. The van der Waals surface area contributed by atoms with E-state index in [-0.39, 0.29) is 11.7 Å². The number of nitrogens with one attached hydrogen (secondary N) is 1. The first-order chi connectivity index (χ1) is 13.8. The standard InChI is InChI=1S/C22H29N3O3S/c1-19-8-10-20(11-9-19)16-23(2)22(26)17-24-12-14-25(15-13-24)29(27,28)18-21-6-4-3-5-7-21/h3-11H,12-18H2,1-2H3/p+1. The van der Waals surface area contributed by atoms with Crippen molar-refractivity contribution in [2.24, 2.45) is 0 Å². The number of rotatable bonds is 7. The number of likely N-dealkylation sites (N-methyl/N-ethyl adjacent to an activating group) is 1. The molecule has 0 aromatic heterocycles. The maximum Gasteiger partial charge on any atom is 0.277 e. The average molecular weight is 417 g/mol. The summed E-state index contributed by atoms with van der Waals surface area (Å²) in [5.41, 5.74) is 3.11. The Bertz CT molecular complexity index is 906. The molecule has 1 aliphatic rings. The molecule has 0 aliphatic carbocycles. The molecular formula is C22H30N3O3S+. The van der Waals surface area contributed by atoms with Crippen molar-refractivity contribution in [1.82, 2.24) is 9.21 Å². The minimum atomic E-state index is -3.32. The summed E-state index contributed by atoms with van der Waals surface area (Å²) in [6, 6.07) is 17.4. The number of benzene rings is 2. The summed E-state index contributed by atoms with van der Waals surface area (Å²) in [5.74, 6) is 0.114. The zero-order chi connectivity index (χ0) is 20.9. The van der Waals surface area contributed by atoms with Gasteiger partial charge in [-0.15, -0.1) is 0 Å². The quantitative estimate of drug-likeness (QED) is 0.722. The van der Waals surface area contributed by atoms with Crippen LogP contribution in [0.4, 0.5) is 0 Å². The van der Waals surface area contributed by atoms with Crippen LogP contribution in [0.2, 0.25) is 0 Å². The largest absolute Gasteiger partial charge is 0.337 e. The van der Waals surface area contributed by atoms with Gasteiger partial charge >= 0.3 is 0 Å². The summed E-state index contributed by atoms with van der Waals surface area (Å²) in [6.07, 6.45) is 0. The van der Waals surface area contributed by atoms with E-state index in [2.05, 4.69) is 0 Å². The highest BCUT2D eigenvalue weighted by molar-refractivity contribution is 7.88. The predicted octanol–water partition coefficient (Wildman–Crippen LogP) is 0.684. The van der Waals surface area contributed by atoms with Crippen LogP contribution in [-0.2, 0) is 27.1 Å². The van der Waals surface area contributed by atoms with Crippen LogP contribution in [0.5, 0.6) is 0 Å². The van der Waals surface area contributed by atoms with Gasteiger partial charge in [-0.1, -0.05) is 60.2 Å². The van der Waals surface area contributed by atoms with E-state index in [4.69, 9.17) is 0 Å². The van der Waals surface area contributed by atoms with Crippen LogP contribution < -0.4 is 4.90 Å². The minimum Gasteiger partial charge on any atom is -0.337 e. The molecule has 1 aliphatic heterocycles. The average Bonchev–Trinajstić information content (AvgIpc) is 2.70. The van der Waals surface area contributed by atoms with E-state index in [1.165, 1.54) is 5.56 Å². The van der Waals surface area contributed by atoms with Crippen molar-refractivity contribution < 1.29 is 18.1 Å². The molecule has 1 saturated heterocycles. The Hall–Kier alpha value is -2.22. The van der Waals surface area contributed by atoms with Gasteiger partial charge in [-0.05, 0) is 18.1 Å². The Balaban J connectivity index is 1.47. The molecule has 3 rings (SSSR count). The summed E-state index contributed by atoms with van der Waals surface area (Å²) in [5, 5.41) is 0. The normalized spacial score (nSPS) is 15.9. The topological polar surface area (TPSA) is 62.1 Å². The van der Waals surface area contributed by atoms with Crippen molar-refractivity contribution >= 4 is 15.9 Å². The van der Waals surface area contributed by atoms with Crippen molar-refractivity contribution in [3.8, 4) is 0 Å². The Labute approximate surface area is 173 Å². The van der Waals surface area contributed by atoms with Crippen LogP contribution in [0.1, 0.15) is 16.7 Å². The molecule has 0 saturated carbocycles. The van der Waals surface area contributed by atoms with Crippen LogP contribution >= 0.6 is 0 Å². The van der Waals surface area contributed by atoms with E-state index in [0.717, 1.165) is 16.0 Å². The summed E-state index contributed by atoms with van der Waals surface area (Å²) >= 11 is 0. The van der Waals surface area contributed by atoms with Gasteiger partial charge in [0.15, 0.2) is 6.54 Å². The number of hydrogen-bond acceptors (Lipinski definition) is 3. The van der Waals surface area contributed by atoms with Crippen molar-refractivity contribution in [1.29, 1.82) is 0 Å². The lowest BCUT2D eigenvalue weighted by molar-refractivity contribution is -0.896. The lowest BCUT2D eigenvalue weighted by Gasteiger charge is -2.32. The lowest BCUT2D eigenvalue weighted by atomic mass is 10.1. The van der Waals surface area contributed by atoms with E-state index in [1.54, 1.807) is 9.21 Å². The zero-order valence-corrected chi connectivity index (χ0v) is 18.0. The van der Waals surface area contributed by atoms with Crippen LogP contribution in [0.15, 0.2) is 54.6 Å². The molecule has 1 N–H and O–H groups in total. The highest BCUT2D eigenvalue weighted by Gasteiger charge is 2.30. The fourth-order valence-electron chi connectivity index (χ4n) is 3.54. The van der Waals surface area contributed by atoms with Gasteiger partial charge in [-0.25, -0.2) is 8.42 Å². The van der Waals surface area contributed by atoms with Gasteiger partial charge in [0.05, 0.1) is 31.9 Å². The molecule has 0 spiro atoms. The maximum absolute atomic E-state index is 12.7. The molecule has 2 aromatic carbocycles.